The van der Waals surface area contributed by atoms with E-state index in [-0.39, 0.29) is 0 Å². The molecule has 7 nitrogen and oxygen atoms in total. The number of para-hydroxylation sites is 1. The van der Waals surface area contributed by atoms with Gasteiger partial charge in [0.05, 0.1) is 17.8 Å². The summed E-state index contributed by atoms with van der Waals surface area (Å²) in [5, 5.41) is 10.9. The van der Waals surface area contributed by atoms with E-state index in [1.54, 1.807) is 18.4 Å². The molecule has 0 saturated carbocycles. The first-order valence-electron chi connectivity index (χ1n) is 9.10. The Bertz CT molecular complexity index is 962. The molecular formula is C20H27N7S. The lowest BCUT2D eigenvalue weighted by Crippen LogP contribution is -2.36. The molecular weight excluding hydrogens is 370 g/mol. The second-order valence-electron chi connectivity index (χ2n) is 6.85. The van der Waals surface area contributed by atoms with Crippen LogP contribution < -0.4 is 20.4 Å². The Kier molecular flexibility index (Phi) is 6.30. The minimum Gasteiger partial charge on any atom is -0.363 e. The van der Waals surface area contributed by atoms with Crippen LogP contribution in [-0.2, 0) is 13.1 Å². The molecule has 0 aliphatic carbocycles. The lowest BCUT2D eigenvalue weighted by Gasteiger charge is -2.16. The number of hydrogen-bond acceptors (Lipinski definition) is 6. The van der Waals surface area contributed by atoms with Gasteiger partial charge in [0, 0.05) is 52.5 Å². The third-order valence-corrected chi connectivity index (χ3v) is 5.33. The van der Waals surface area contributed by atoms with Crippen LogP contribution in [-0.4, -0.2) is 51.2 Å². The van der Waals surface area contributed by atoms with Crippen molar-refractivity contribution in [2.24, 2.45) is 4.99 Å². The van der Waals surface area contributed by atoms with Crippen molar-refractivity contribution in [3.8, 4) is 0 Å². The zero-order chi connectivity index (χ0) is 20.1. The number of aromatic nitrogens is 2. The van der Waals surface area contributed by atoms with E-state index >= 15 is 0 Å². The molecule has 0 saturated heterocycles. The topological polar surface area (TPSA) is 68.7 Å². The number of nitrogens with one attached hydrogen (secondary N) is 2. The van der Waals surface area contributed by atoms with Gasteiger partial charge in [-0.2, -0.15) is 0 Å². The van der Waals surface area contributed by atoms with Gasteiger partial charge in [0.2, 0.25) is 0 Å². The molecule has 2 aromatic heterocycles. The quantitative estimate of drug-likeness (QED) is 0.492. The predicted octanol–water partition coefficient (Wildman–Crippen LogP) is 2.69. The van der Waals surface area contributed by atoms with Crippen LogP contribution in [0.3, 0.4) is 0 Å². The van der Waals surface area contributed by atoms with E-state index in [0.717, 1.165) is 33.5 Å². The molecule has 0 radical (unpaired) electrons. The smallest absolute Gasteiger partial charge is 0.191 e. The summed E-state index contributed by atoms with van der Waals surface area (Å²) in [4.78, 5) is 17.7. The number of rotatable bonds is 6. The summed E-state index contributed by atoms with van der Waals surface area (Å²) in [6.07, 6.45) is 0. The second kappa shape index (κ2) is 8.88. The van der Waals surface area contributed by atoms with Gasteiger partial charge in [0.1, 0.15) is 5.82 Å². The first-order chi connectivity index (χ1) is 13.5. The molecule has 8 heteroatoms. The van der Waals surface area contributed by atoms with Crippen LogP contribution in [0.5, 0.6) is 0 Å². The molecule has 3 aromatic rings. The van der Waals surface area contributed by atoms with Gasteiger partial charge in [0.15, 0.2) is 11.1 Å². The average Bonchev–Trinajstić information content (AvgIpc) is 3.17. The first kappa shape index (κ1) is 19.9. The highest BCUT2D eigenvalue weighted by Crippen LogP contribution is 2.22. The van der Waals surface area contributed by atoms with Gasteiger partial charge in [-0.25, -0.2) is 9.97 Å². The number of benzene rings is 1. The van der Waals surface area contributed by atoms with Crippen LogP contribution in [0.25, 0.3) is 10.9 Å². The maximum atomic E-state index is 4.72. The maximum absolute atomic E-state index is 4.72. The van der Waals surface area contributed by atoms with Crippen molar-refractivity contribution in [2.75, 3.05) is 45.0 Å². The maximum Gasteiger partial charge on any atom is 0.191 e. The summed E-state index contributed by atoms with van der Waals surface area (Å²) >= 11 is 1.64. The number of guanidine groups is 1. The Morgan fingerprint density at radius 3 is 2.46 bits per heavy atom. The molecule has 0 aliphatic heterocycles. The summed E-state index contributed by atoms with van der Waals surface area (Å²) in [6.45, 7) is 1.29. The summed E-state index contributed by atoms with van der Waals surface area (Å²) in [7, 11) is 9.78. The van der Waals surface area contributed by atoms with Gasteiger partial charge in [-0.3, -0.25) is 4.99 Å². The van der Waals surface area contributed by atoms with Crippen molar-refractivity contribution in [1.82, 2.24) is 20.6 Å². The molecule has 2 N–H and O–H groups in total. The third-order valence-electron chi connectivity index (χ3n) is 4.28. The zero-order valence-electron chi connectivity index (χ0n) is 17.0. The fourth-order valence-corrected chi connectivity index (χ4v) is 3.52. The fourth-order valence-electron chi connectivity index (χ4n) is 2.76. The molecule has 3 rings (SSSR count). The highest BCUT2D eigenvalue weighted by molar-refractivity contribution is 7.13. The van der Waals surface area contributed by atoms with Crippen LogP contribution in [0.4, 0.5) is 10.9 Å². The Balaban J connectivity index is 1.69. The minimum absolute atomic E-state index is 0.629. The number of anilines is 2. The SMILES string of the molecule is CN=C(NCc1csc(N(C)C)n1)NCc1cc(N(C)C)nc2ccccc12. The Hall–Kier alpha value is -2.87. The Morgan fingerprint density at radius 1 is 1.04 bits per heavy atom. The van der Waals surface area contributed by atoms with E-state index in [0.29, 0.717) is 13.1 Å². The Labute approximate surface area is 170 Å². The van der Waals surface area contributed by atoms with Crippen LogP contribution in [0.15, 0.2) is 40.7 Å². The number of thiazole rings is 1. The van der Waals surface area contributed by atoms with Crippen LogP contribution in [0.1, 0.15) is 11.3 Å². The molecule has 28 heavy (non-hydrogen) atoms. The normalized spacial score (nSPS) is 11.5. The molecule has 0 spiro atoms. The highest BCUT2D eigenvalue weighted by atomic mass is 32.1. The predicted molar refractivity (Wildman–Crippen MR) is 120 cm³/mol. The molecule has 0 atom stereocenters. The fraction of sp³-hybridized carbons (Fsp3) is 0.350. The lowest BCUT2D eigenvalue weighted by atomic mass is 10.1. The van der Waals surface area contributed by atoms with Crippen molar-refractivity contribution in [3.63, 3.8) is 0 Å². The monoisotopic (exact) mass is 397 g/mol. The van der Waals surface area contributed by atoms with Gasteiger partial charge >= 0.3 is 0 Å². The van der Waals surface area contributed by atoms with E-state index in [2.05, 4.69) is 38.1 Å². The molecule has 0 bridgehead atoms. The number of pyridine rings is 1. The van der Waals surface area contributed by atoms with Gasteiger partial charge < -0.3 is 20.4 Å². The molecule has 1 aromatic carbocycles. The van der Waals surface area contributed by atoms with Gasteiger partial charge in [-0.15, -0.1) is 11.3 Å². The van der Waals surface area contributed by atoms with Crippen molar-refractivity contribution < 1.29 is 0 Å². The van der Waals surface area contributed by atoms with Crippen molar-refractivity contribution >= 4 is 39.1 Å². The third kappa shape index (κ3) is 4.69. The summed E-state index contributed by atoms with van der Waals surface area (Å²) in [5.41, 5.74) is 3.17. The van der Waals surface area contributed by atoms with E-state index in [1.807, 2.05) is 56.2 Å². The number of nitrogens with zero attached hydrogens (tertiary/aromatic N) is 5. The second-order valence-corrected chi connectivity index (χ2v) is 7.68. The Morgan fingerprint density at radius 2 is 1.79 bits per heavy atom. The first-order valence-corrected chi connectivity index (χ1v) is 9.98. The molecule has 0 amide bonds. The van der Waals surface area contributed by atoms with E-state index in [4.69, 9.17) is 4.98 Å². The summed E-state index contributed by atoms with van der Waals surface area (Å²) in [5.74, 6) is 1.68. The number of aliphatic imine (C=N–C) groups is 1. The van der Waals surface area contributed by atoms with E-state index in [9.17, 15) is 0 Å². The van der Waals surface area contributed by atoms with E-state index in [1.165, 1.54) is 5.56 Å². The van der Waals surface area contributed by atoms with E-state index < -0.39 is 0 Å². The molecule has 0 fully saturated rings. The van der Waals surface area contributed by atoms with Crippen LogP contribution >= 0.6 is 11.3 Å². The highest BCUT2D eigenvalue weighted by Gasteiger charge is 2.09. The molecule has 148 valence electrons. The largest absolute Gasteiger partial charge is 0.363 e. The van der Waals surface area contributed by atoms with Gasteiger partial charge in [-0.05, 0) is 17.7 Å². The van der Waals surface area contributed by atoms with Crippen LogP contribution in [0.2, 0.25) is 0 Å². The molecule has 2 heterocycles. The van der Waals surface area contributed by atoms with Gasteiger partial charge in [-0.1, -0.05) is 18.2 Å². The molecule has 0 unspecified atom stereocenters. The molecule has 0 aliphatic rings. The standard InChI is InChI=1S/C20H27N7S/c1-21-19(23-12-15-13-28-20(24-15)27(4)5)22-11-14-10-18(26(2)3)25-17-9-7-6-8-16(14)17/h6-10,13H,11-12H2,1-5H3,(H2,21,22,23). The van der Waals surface area contributed by atoms with Gasteiger partial charge in [0.25, 0.3) is 0 Å². The summed E-state index contributed by atoms with van der Waals surface area (Å²) in [6, 6.07) is 10.3. The summed E-state index contributed by atoms with van der Waals surface area (Å²) < 4.78 is 0. The average molecular weight is 398 g/mol. The van der Waals surface area contributed by atoms with Crippen LogP contribution in [0, 0.1) is 0 Å². The van der Waals surface area contributed by atoms with Crippen molar-refractivity contribution in [1.29, 1.82) is 0 Å². The number of fused-ring (bicyclic) bond motifs is 1. The zero-order valence-corrected chi connectivity index (χ0v) is 17.8. The number of hydrogen-bond donors (Lipinski definition) is 2. The minimum atomic E-state index is 0.629. The van der Waals surface area contributed by atoms with Crippen molar-refractivity contribution in [2.45, 2.75) is 13.1 Å². The lowest BCUT2D eigenvalue weighted by molar-refractivity contribution is 0.799. The van der Waals surface area contributed by atoms with Crippen molar-refractivity contribution in [3.05, 3.63) is 47.0 Å².